The summed E-state index contributed by atoms with van der Waals surface area (Å²) in [5.41, 5.74) is -0.633. The molecule has 15 heteroatoms. The third-order valence-corrected chi connectivity index (χ3v) is 8.27. The maximum atomic E-state index is 13.7. The van der Waals surface area contributed by atoms with E-state index in [0.717, 1.165) is 23.3 Å². The minimum absolute atomic E-state index is 0.00397. The average Bonchev–Trinajstić information content (AvgIpc) is 2.97. The molecule has 4 rings (SSSR count). The summed E-state index contributed by atoms with van der Waals surface area (Å²) in [7, 11) is 1.46. The molecule has 0 aliphatic carbocycles. The molecule has 0 spiro atoms. The van der Waals surface area contributed by atoms with E-state index in [9.17, 15) is 19.2 Å². The molecule has 1 atom stereocenters. The van der Waals surface area contributed by atoms with Crippen molar-refractivity contribution >= 4 is 47.5 Å². The smallest absolute Gasteiger partial charge is 0.417 e. The molecule has 1 aromatic carbocycles. The van der Waals surface area contributed by atoms with Gasteiger partial charge in [0.15, 0.2) is 5.75 Å². The third-order valence-electron chi connectivity index (χ3n) is 7.14. The maximum absolute atomic E-state index is 13.7. The SMILES string of the molecule is COc1c(Cl)cccc1SNC(=O)C1=C(NCc2ccncc2OCC2CCN2C(=O)OC(C)(C)C)CCN(C(=O)OC(C)(C)C)C1=O. The Labute approximate surface area is 289 Å². The highest BCUT2D eigenvalue weighted by Crippen LogP contribution is 2.34. The summed E-state index contributed by atoms with van der Waals surface area (Å²) in [5, 5.41) is 3.57. The highest BCUT2D eigenvalue weighted by molar-refractivity contribution is 7.98. The number of ether oxygens (including phenoxy) is 4. The van der Waals surface area contributed by atoms with E-state index in [1.165, 1.54) is 7.11 Å². The van der Waals surface area contributed by atoms with Crippen LogP contribution in [0.25, 0.3) is 0 Å². The van der Waals surface area contributed by atoms with Gasteiger partial charge in [0.2, 0.25) is 0 Å². The number of benzene rings is 1. The van der Waals surface area contributed by atoms with Crippen molar-refractivity contribution in [3.63, 3.8) is 0 Å². The number of nitrogens with one attached hydrogen (secondary N) is 2. The van der Waals surface area contributed by atoms with Crippen molar-refractivity contribution in [2.75, 3.05) is 26.8 Å². The molecular weight excluding hydrogens is 662 g/mol. The fraction of sp³-hybridized carbons (Fsp3) is 0.485. The molecular formula is C33H42ClN5O8S. The van der Waals surface area contributed by atoms with Crippen molar-refractivity contribution in [2.45, 2.75) is 83.1 Å². The molecule has 0 bridgehead atoms. The van der Waals surface area contributed by atoms with Gasteiger partial charge in [-0.1, -0.05) is 17.7 Å². The minimum atomic E-state index is -0.845. The van der Waals surface area contributed by atoms with Crippen LogP contribution in [0.2, 0.25) is 5.02 Å². The van der Waals surface area contributed by atoms with E-state index < -0.39 is 29.1 Å². The van der Waals surface area contributed by atoms with E-state index in [0.29, 0.717) is 39.2 Å². The standard InChI is InChI=1S/C33H42ClN5O8S/c1-32(2,3)46-30(42)38-15-12-21(38)19-45-24-18-35-14-11-20(24)17-36-23-13-16-39(31(43)47-33(4,5)6)29(41)26(23)28(40)37-48-25-10-8-9-22(34)27(25)44-7/h8-11,14,18,21,36H,12-13,15-17,19H2,1-7H3,(H,37,40). The molecule has 0 saturated carbocycles. The molecule has 48 heavy (non-hydrogen) atoms. The van der Waals surface area contributed by atoms with Gasteiger partial charge < -0.3 is 29.2 Å². The van der Waals surface area contributed by atoms with Gasteiger partial charge in [-0.05, 0) is 78.1 Å². The van der Waals surface area contributed by atoms with Gasteiger partial charge in [-0.25, -0.2) is 14.5 Å². The molecule has 2 N–H and O–H groups in total. The molecule has 0 radical (unpaired) electrons. The van der Waals surface area contributed by atoms with Crippen LogP contribution in [0.4, 0.5) is 9.59 Å². The molecule has 260 valence electrons. The molecule has 1 fully saturated rings. The number of carbonyl (C=O) groups is 4. The van der Waals surface area contributed by atoms with Crippen LogP contribution in [-0.2, 0) is 25.6 Å². The van der Waals surface area contributed by atoms with Gasteiger partial charge in [0.05, 0.1) is 29.3 Å². The Morgan fingerprint density at radius 3 is 2.40 bits per heavy atom. The first-order valence-corrected chi connectivity index (χ1v) is 16.6. The Bertz CT molecular complexity index is 1570. The van der Waals surface area contributed by atoms with E-state index in [1.807, 2.05) is 20.8 Å². The van der Waals surface area contributed by atoms with Crippen LogP contribution in [0.15, 0.2) is 52.8 Å². The highest BCUT2D eigenvalue weighted by Gasteiger charge is 2.38. The number of likely N-dealkylation sites (tertiary alicyclic amines) is 1. The first-order chi connectivity index (χ1) is 22.6. The summed E-state index contributed by atoms with van der Waals surface area (Å²) in [4.78, 5) is 60.0. The zero-order valence-electron chi connectivity index (χ0n) is 28.2. The number of hydrogen-bond donors (Lipinski definition) is 2. The van der Waals surface area contributed by atoms with Gasteiger partial charge >= 0.3 is 12.2 Å². The number of halogens is 1. The Morgan fingerprint density at radius 1 is 1.04 bits per heavy atom. The molecule has 4 amide bonds. The van der Waals surface area contributed by atoms with E-state index in [1.54, 1.807) is 62.3 Å². The maximum Gasteiger partial charge on any atom is 0.417 e. The summed E-state index contributed by atoms with van der Waals surface area (Å²) >= 11 is 7.16. The number of nitrogens with zero attached hydrogens (tertiary/aromatic N) is 3. The van der Waals surface area contributed by atoms with Crippen LogP contribution in [0.3, 0.4) is 0 Å². The Kier molecular flexibility index (Phi) is 11.7. The molecule has 1 saturated heterocycles. The summed E-state index contributed by atoms with van der Waals surface area (Å²) in [5.74, 6) is -0.675. The number of carbonyl (C=O) groups excluding carboxylic acids is 4. The van der Waals surface area contributed by atoms with Crippen LogP contribution in [0.5, 0.6) is 11.5 Å². The number of aromatic nitrogens is 1. The van der Waals surface area contributed by atoms with Crippen molar-refractivity contribution in [2.24, 2.45) is 0 Å². The summed E-state index contributed by atoms with van der Waals surface area (Å²) < 4.78 is 25.1. The van der Waals surface area contributed by atoms with Crippen LogP contribution in [0.1, 0.15) is 59.9 Å². The largest absolute Gasteiger partial charge is 0.494 e. The second kappa shape index (κ2) is 15.4. The van der Waals surface area contributed by atoms with Crippen LogP contribution in [-0.4, -0.2) is 82.8 Å². The minimum Gasteiger partial charge on any atom is -0.494 e. The lowest BCUT2D eigenvalue weighted by molar-refractivity contribution is -0.130. The Hall–Kier alpha value is -4.17. The lowest BCUT2D eigenvalue weighted by Gasteiger charge is -2.41. The Morgan fingerprint density at radius 2 is 1.75 bits per heavy atom. The number of rotatable bonds is 10. The van der Waals surface area contributed by atoms with Crippen LogP contribution >= 0.6 is 23.5 Å². The predicted octanol–water partition coefficient (Wildman–Crippen LogP) is 5.47. The van der Waals surface area contributed by atoms with Gasteiger partial charge in [-0.3, -0.25) is 19.3 Å². The average molecular weight is 704 g/mol. The quantitative estimate of drug-likeness (QED) is 0.240. The van der Waals surface area contributed by atoms with Crippen molar-refractivity contribution < 1.29 is 38.1 Å². The van der Waals surface area contributed by atoms with Crippen LogP contribution < -0.4 is 19.5 Å². The fourth-order valence-corrected chi connectivity index (χ4v) is 5.83. The summed E-state index contributed by atoms with van der Waals surface area (Å²) in [6, 6.07) is 6.68. The van der Waals surface area contributed by atoms with Crippen molar-refractivity contribution in [3.8, 4) is 11.5 Å². The van der Waals surface area contributed by atoms with Gasteiger partial charge in [-0.2, -0.15) is 0 Å². The second-order valence-corrected chi connectivity index (χ2v) is 14.4. The van der Waals surface area contributed by atoms with E-state index in [2.05, 4.69) is 15.0 Å². The number of hydrogen-bond acceptors (Lipinski definition) is 11. The molecule has 2 aromatic rings. The zero-order valence-corrected chi connectivity index (χ0v) is 29.8. The molecule has 2 aliphatic rings. The molecule has 2 aliphatic heterocycles. The number of amides is 4. The van der Waals surface area contributed by atoms with Gasteiger partial charge in [0.25, 0.3) is 11.8 Å². The second-order valence-electron chi connectivity index (χ2n) is 13.1. The lowest BCUT2D eigenvalue weighted by Crippen LogP contribution is -2.55. The third kappa shape index (κ3) is 9.47. The number of methoxy groups -OCH3 is 1. The molecule has 1 unspecified atom stereocenters. The topological polar surface area (TPSA) is 149 Å². The van der Waals surface area contributed by atoms with Crippen molar-refractivity contribution in [1.82, 2.24) is 24.8 Å². The Balaban J connectivity index is 1.51. The van der Waals surface area contributed by atoms with E-state index in [4.69, 9.17) is 30.5 Å². The van der Waals surface area contributed by atoms with E-state index in [-0.39, 0.29) is 43.8 Å². The number of imide groups is 1. The summed E-state index contributed by atoms with van der Waals surface area (Å²) in [6.07, 6.45) is 2.89. The van der Waals surface area contributed by atoms with Crippen molar-refractivity contribution in [1.29, 1.82) is 0 Å². The molecule has 13 nitrogen and oxygen atoms in total. The number of para-hydroxylation sites is 1. The lowest BCUT2D eigenvalue weighted by atomic mass is 10.0. The zero-order chi connectivity index (χ0) is 35.2. The first-order valence-electron chi connectivity index (χ1n) is 15.4. The van der Waals surface area contributed by atoms with Crippen LogP contribution in [0, 0.1) is 0 Å². The van der Waals surface area contributed by atoms with Gasteiger partial charge in [-0.15, -0.1) is 0 Å². The monoisotopic (exact) mass is 703 g/mol. The van der Waals surface area contributed by atoms with Gasteiger partial charge in [0, 0.05) is 43.5 Å². The predicted molar refractivity (Wildman–Crippen MR) is 180 cm³/mol. The first kappa shape index (κ1) is 36.7. The highest BCUT2D eigenvalue weighted by atomic mass is 35.5. The normalized spacial score (nSPS) is 16.6. The van der Waals surface area contributed by atoms with Crippen molar-refractivity contribution in [3.05, 3.63) is 58.5 Å². The van der Waals surface area contributed by atoms with Gasteiger partial charge in [0.1, 0.15) is 29.1 Å². The molecule has 3 heterocycles. The fourth-order valence-electron chi connectivity index (χ4n) is 4.78. The number of pyridine rings is 1. The summed E-state index contributed by atoms with van der Waals surface area (Å²) in [6.45, 7) is 11.5. The molecule has 1 aromatic heterocycles. The van der Waals surface area contributed by atoms with E-state index >= 15 is 0 Å².